The van der Waals surface area contributed by atoms with Crippen molar-refractivity contribution in [3.8, 4) is 22.3 Å². The Labute approximate surface area is 361 Å². The van der Waals surface area contributed by atoms with Crippen LogP contribution in [0.4, 0.5) is 0 Å². The van der Waals surface area contributed by atoms with Crippen LogP contribution in [0, 0.1) is 69.2 Å². The van der Waals surface area contributed by atoms with Crippen molar-refractivity contribution in [2.24, 2.45) is 0 Å². The zero-order valence-corrected chi connectivity index (χ0v) is 37.3. The molecule has 0 aliphatic rings. The van der Waals surface area contributed by atoms with Crippen LogP contribution in [0.3, 0.4) is 0 Å². The summed E-state index contributed by atoms with van der Waals surface area (Å²) in [6.07, 6.45) is 0. The molecule has 9 aromatic carbocycles. The van der Waals surface area contributed by atoms with E-state index in [-0.39, 0.29) is 0 Å². The first kappa shape index (κ1) is 35.8. The lowest BCUT2D eigenvalue weighted by Crippen LogP contribution is -1.98. The zero-order valence-electron chi connectivity index (χ0n) is 37.3. The highest BCUT2D eigenvalue weighted by molar-refractivity contribution is 6.32. The highest BCUT2D eigenvalue weighted by atomic mass is 14.9. The number of aryl methyl sites for hydroxylation is 10. The molecule has 2 nitrogen and oxygen atoms in total. The molecule has 13 aromatic rings. The molecule has 0 N–H and O–H groups in total. The van der Waals surface area contributed by atoms with E-state index in [1.54, 1.807) is 0 Å². The Hall–Kier alpha value is -6.90. The topological polar surface area (TPSA) is 8.82 Å². The second-order valence-corrected chi connectivity index (χ2v) is 19.3. The summed E-state index contributed by atoms with van der Waals surface area (Å²) in [5, 5.41) is 15.9. The predicted molar refractivity (Wildman–Crippen MR) is 269 cm³/mol. The van der Waals surface area contributed by atoms with Crippen LogP contribution < -0.4 is 0 Å². The van der Waals surface area contributed by atoms with Gasteiger partial charge >= 0.3 is 0 Å². The molecule has 4 heterocycles. The fourth-order valence-corrected chi connectivity index (χ4v) is 12.5. The van der Waals surface area contributed by atoms with Crippen LogP contribution in [0.2, 0.25) is 0 Å². The Balaban J connectivity index is 1.34. The summed E-state index contributed by atoms with van der Waals surface area (Å²) in [7, 11) is 0. The minimum absolute atomic E-state index is 1.27. The maximum atomic E-state index is 2.58. The molecule has 2 heteroatoms. The van der Waals surface area contributed by atoms with Crippen molar-refractivity contribution in [2.75, 3.05) is 0 Å². The molecule has 0 bridgehead atoms. The highest BCUT2D eigenvalue weighted by Crippen LogP contribution is 2.52. The summed E-state index contributed by atoms with van der Waals surface area (Å²) in [5.41, 5.74) is 26.1. The molecule has 62 heavy (non-hydrogen) atoms. The average molecular weight is 797 g/mol. The number of fused-ring (bicyclic) bond motifs is 14. The number of benzene rings is 9. The van der Waals surface area contributed by atoms with E-state index in [4.69, 9.17) is 0 Å². The standard InChI is InChI=1S/C60H48N2/c1-29-11-13-51-39(19-29)47-21-33(5)23-49-41-25-43-45(27-53(41)61(51)59(47)49)57(55-35(7)15-31(3)16-36(55)8)44-26-42-50-24-34(6)22-48-40-20-30(2)12-14-52(40)62(60(48)50)54(42)28-46(44)58(43)56-37(9)17-32(4)18-38(56)10/h11-28H,1-10H3. The summed E-state index contributed by atoms with van der Waals surface area (Å²) < 4.78 is 5.15. The van der Waals surface area contributed by atoms with Crippen LogP contribution in [-0.2, 0) is 0 Å². The normalized spacial score (nSPS) is 12.7. The van der Waals surface area contributed by atoms with Crippen molar-refractivity contribution in [3.05, 3.63) is 165 Å². The van der Waals surface area contributed by atoms with E-state index in [2.05, 4.69) is 187 Å². The number of hydrogen-bond donors (Lipinski definition) is 0. The van der Waals surface area contributed by atoms with Gasteiger partial charge in [0.05, 0.1) is 33.1 Å². The van der Waals surface area contributed by atoms with E-state index in [0.29, 0.717) is 0 Å². The molecule has 0 aliphatic heterocycles. The zero-order chi connectivity index (χ0) is 42.4. The van der Waals surface area contributed by atoms with Crippen molar-refractivity contribution in [3.63, 3.8) is 0 Å². The lowest BCUT2D eigenvalue weighted by molar-refractivity contribution is 1.32. The monoisotopic (exact) mass is 796 g/mol. The second kappa shape index (κ2) is 11.9. The maximum absolute atomic E-state index is 2.58. The third kappa shape index (κ3) is 4.49. The third-order valence-corrected chi connectivity index (χ3v) is 14.6. The van der Waals surface area contributed by atoms with Gasteiger partial charge in [-0.2, -0.15) is 0 Å². The van der Waals surface area contributed by atoms with Gasteiger partial charge < -0.3 is 8.80 Å². The van der Waals surface area contributed by atoms with Gasteiger partial charge in [-0.05, 0) is 219 Å². The summed E-state index contributed by atoms with van der Waals surface area (Å²) in [6.45, 7) is 22.7. The third-order valence-electron chi connectivity index (χ3n) is 14.6. The van der Waals surface area contributed by atoms with Crippen molar-refractivity contribution in [1.29, 1.82) is 0 Å². The Morgan fingerprint density at radius 1 is 0.226 bits per heavy atom. The Kier molecular flexibility index (Phi) is 6.89. The molecule has 0 fully saturated rings. The maximum Gasteiger partial charge on any atom is 0.0620 e. The van der Waals surface area contributed by atoms with E-state index in [1.165, 1.54) is 176 Å². The van der Waals surface area contributed by atoms with Crippen LogP contribution in [0.15, 0.2) is 109 Å². The van der Waals surface area contributed by atoms with Gasteiger partial charge in [0.1, 0.15) is 0 Å². The minimum atomic E-state index is 1.27. The Morgan fingerprint density at radius 2 is 0.516 bits per heavy atom. The molecule has 0 atom stereocenters. The summed E-state index contributed by atoms with van der Waals surface area (Å²) in [6, 6.07) is 43.5. The predicted octanol–water partition coefficient (Wildman–Crippen LogP) is 16.7. The molecule has 0 aliphatic carbocycles. The fraction of sp³-hybridized carbons (Fsp3) is 0.167. The highest BCUT2D eigenvalue weighted by Gasteiger charge is 2.27. The first-order valence-corrected chi connectivity index (χ1v) is 22.2. The van der Waals surface area contributed by atoms with Gasteiger partial charge in [-0.15, -0.1) is 0 Å². The van der Waals surface area contributed by atoms with Crippen molar-refractivity contribution >= 4 is 97.7 Å². The number of aromatic nitrogens is 2. The molecule has 0 radical (unpaired) electrons. The fourth-order valence-electron chi connectivity index (χ4n) is 12.5. The lowest BCUT2D eigenvalue weighted by Gasteiger charge is -2.23. The second-order valence-electron chi connectivity index (χ2n) is 19.3. The van der Waals surface area contributed by atoms with Crippen LogP contribution in [0.1, 0.15) is 55.6 Å². The SMILES string of the molecule is Cc1cc(C)c(-c2c3cc4c5cc(C)cc6c7cc(C)ccc7n(c4cc3c(-c3c(C)cc(C)cc3C)c3cc4c7cc(C)cc8c9cc(C)ccc9n(c4cc23)c87)c65)c(C)c1. The molecule has 0 saturated heterocycles. The average Bonchev–Trinajstić information content (AvgIpc) is 3.91. The molecular weight excluding hydrogens is 749 g/mol. The smallest absolute Gasteiger partial charge is 0.0620 e. The Morgan fingerprint density at radius 3 is 0.871 bits per heavy atom. The van der Waals surface area contributed by atoms with Crippen molar-refractivity contribution in [2.45, 2.75) is 69.2 Å². The van der Waals surface area contributed by atoms with Gasteiger partial charge in [-0.3, -0.25) is 0 Å². The van der Waals surface area contributed by atoms with Gasteiger partial charge in [0.25, 0.3) is 0 Å². The van der Waals surface area contributed by atoms with Crippen molar-refractivity contribution < 1.29 is 0 Å². The van der Waals surface area contributed by atoms with E-state index >= 15 is 0 Å². The van der Waals surface area contributed by atoms with Gasteiger partial charge in [-0.25, -0.2) is 0 Å². The minimum Gasteiger partial charge on any atom is -0.308 e. The Bertz CT molecular complexity index is 3860. The first-order chi connectivity index (χ1) is 29.8. The molecule has 0 spiro atoms. The molecule has 0 unspecified atom stereocenters. The lowest BCUT2D eigenvalue weighted by atomic mass is 9.80. The van der Waals surface area contributed by atoms with Gasteiger partial charge in [-0.1, -0.05) is 58.7 Å². The van der Waals surface area contributed by atoms with Crippen molar-refractivity contribution in [1.82, 2.24) is 8.80 Å². The quantitative estimate of drug-likeness (QED) is 0.154. The van der Waals surface area contributed by atoms with Crippen LogP contribution in [-0.4, -0.2) is 8.80 Å². The van der Waals surface area contributed by atoms with E-state index in [0.717, 1.165) is 0 Å². The molecule has 4 aromatic heterocycles. The number of rotatable bonds is 2. The molecular formula is C60H48N2. The van der Waals surface area contributed by atoms with Crippen LogP contribution in [0.25, 0.3) is 120 Å². The van der Waals surface area contributed by atoms with E-state index in [1.807, 2.05) is 0 Å². The van der Waals surface area contributed by atoms with E-state index < -0.39 is 0 Å². The van der Waals surface area contributed by atoms with Crippen LogP contribution >= 0.6 is 0 Å². The van der Waals surface area contributed by atoms with Gasteiger partial charge in [0.15, 0.2) is 0 Å². The summed E-state index contributed by atoms with van der Waals surface area (Å²) >= 11 is 0. The molecule has 13 rings (SSSR count). The van der Waals surface area contributed by atoms with Gasteiger partial charge in [0, 0.05) is 43.1 Å². The number of nitrogens with zero attached hydrogens (tertiary/aromatic N) is 2. The number of hydrogen-bond acceptors (Lipinski definition) is 0. The summed E-state index contributed by atoms with van der Waals surface area (Å²) in [5.74, 6) is 0. The first-order valence-electron chi connectivity index (χ1n) is 22.2. The molecule has 0 amide bonds. The molecule has 298 valence electrons. The summed E-state index contributed by atoms with van der Waals surface area (Å²) in [4.78, 5) is 0. The van der Waals surface area contributed by atoms with E-state index in [9.17, 15) is 0 Å². The van der Waals surface area contributed by atoms with Gasteiger partial charge in [0.2, 0.25) is 0 Å². The van der Waals surface area contributed by atoms with Crippen LogP contribution in [0.5, 0.6) is 0 Å². The largest absolute Gasteiger partial charge is 0.308 e. The molecule has 0 saturated carbocycles.